The fourth-order valence-electron chi connectivity index (χ4n) is 3.37. The van der Waals surface area contributed by atoms with Crippen LogP contribution in [0.1, 0.15) is 24.2 Å². The van der Waals surface area contributed by atoms with Gasteiger partial charge in [0.25, 0.3) is 0 Å². The van der Waals surface area contributed by atoms with Crippen LogP contribution < -0.4 is 15.8 Å². The van der Waals surface area contributed by atoms with Crippen molar-refractivity contribution >= 4 is 17.5 Å². The Morgan fingerprint density at radius 2 is 1.58 bits per heavy atom. The Balaban J connectivity index is 2.03. The zero-order valence-corrected chi connectivity index (χ0v) is 18.0. The number of Topliss-reactive ketones (excluding diaryl/α,β-unsaturated/α-hetero) is 2. The number of rotatable bonds is 11. The highest BCUT2D eigenvalue weighted by atomic mass is 19.2. The zero-order chi connectivity index (χ0) is 24.7. The molecule has 6 nitrogen and oxygen atoms in total. The Morgan fingerprint density at radius 3 is 2.09 bits per heavy atom. The summed E-state index contributed by atoms with van der Waals surface area (Å²) in [4.78, 5) is 37.7. The summed E-state index contributed by atoms with van der Waals surface area (Å²) in [5, 5.41) is 2.36. The van der Waals surface area contributed by atoms with Crippen LogP contribution in [0.4, 0.5) is 17.6 Å². The highest BCUT2D eigenvalue weighted by Gasteiger charge is 2.35. The van der Waals surface area contributed by atoms with Gasteiger partial charge in [-0.15, -0.1) is 0 Å². The lowest BCUT2D eigenvalue weighted by atomic mass is 9.78. The third-order valence-corrected chi connectivity index (χ3v) is 5.01. The topological polar surface area (TPSA) is 98.5 Å². The molecular weight excluding hydrogens is 444 g/mol. The molecule has 178 valence electrons. The third-order valence-electron chi connectivity index (χ3n) is 5.01. The van der Waals surface area contributed by atoms with E-state index in [1.165, 1.54) is 0 Å². The van der Waals surface area contributed by atoms with E-state index in [0.717, 1.165) is 0 Å². The van der Waals surface area contributed by atoms with Crippen molar-refractivity contribution in [3.05, 3.63) is 65.2 Å². The van der Waals surface area contributed by atoms with Gasteiger partial charge in [-0.05, 0) is 5.92 Å². The van der Waals surface area contributed by atoms with Crippen LogP contribution in [0.2, 0.25) is 0 Å². The van der Waals surface area contributed by atoms with Crippen molar-refractivity contribution in [3.63, 3.8) is 0 Å². The molecule has 33 heavy (non-hydrogen) atoms. The number of carbonyl (C=O) groups excluding carboxylic acids is 3. The standard InChI is InChI=1S/C23H24F4N2O4/c1-12(2)18(15(9-28)21(31)13-6-4-3-5-7-13)23(32)29-10-14(30)11-33-22-19(26)16(24)8-17(25)20(22)27/h3-8,12,15,18H,9-11,28H2,1-2H3,(H,29,32). The second kappa shape index (κ2) is 11.6. The lowest BCUT2D eigenvalue weighted by Gasteiger charge is -2.27. The Kier molecular flexibility index (Phi) is 9.10. The highest BCUT2D eigenvalue weighted by molar-refractivity contribution is 6.01. The minimum atomic E-state index is -1.78. The number of amides is 1. The molecular formula is C23H24F4N2O4. The molecule has 2 aromatic carbocycles. The summed E-state index contributed by atoms with van der Waals surface area (Å²) in [6.45, 7) is 1.79. The van der Waals surface area contributed by atoms with Gasteiger partial charge in [-0.1, -0.05) is 44.2 Å². The van der Waals surface area contributed by atoms with Gasteiger partial charge in [-0.2, -0.15) is 8.78 Å². The minimum absolute atomic E-state index is 0.0101. The first-order valence-electron chi connectivity index (χ1n) is 10.1. The molecule has 0 aliphatic rings. The van der Waals surface area contributed by atoms with E-state index in [0.29, 0.717) is 5.56 Å². The summed E-state index contributed by atoms with van der Waals surface area (Å²) in [5.74, 6) is -12.1. The SMILES string of the molecule is CC(C)C(C(=O)NCC(=O)COc1c(F)c(F)cc(F)c1F)C(CN)C(=O)c1ccccc1. The van der Waals surface area contributed by atoms with Crippen molar-refractivity contribution in [3.8, 4) is 5.75 Å². The fourth-order valence-corrected chi connectivity index (χ4v) is 3.37. The molecule has 2 rings (SSSR count). The van der Waals surface area contributed by atoms with E-state index in [1.54, 1.807) is 44.2 Å². The van der Waals surface area contributed by atoms with Gasteiger partial charge in [0.2, 0.25) is 17.5 Å². The van der Waals surface area contributed by atoms with Crippen LogP contribution in [0.15, 0.2) is 36.4 Å². The Morgan fingerprint density at radius 1 is 1.00 bits per heavy atom. The smallest absolute Gasteiger partial charge is 0.224 e. The van der Waals surface area contributed by atoms with Crippen LogP contribution in [0, 0.1) is 41.0 Å². The number of benzene rings is 2. The molecule has 2 atom stereocenters. The maximum Gasteiger partial charge on any atom is 0.224 e. The predicted molar refractivity (Wildman–Crippen MR) is 111 cm³/mol. The average molecular weight is 468 g/mol. The van der Waals surface area contributed by atoms with Gasteiger partial charge < -0.3 is 15.8 Å². The first kappa shape index (κ1) is 26.0. The van der Waals surface area contributed by atoms with Gasteiger partial charge in [0, 0.05) is 24.1 Å². The first-order valence-corrected chi connectivity index (χ1v) is 10.1. The number of halogens is 4. The van der Waals surface area contributed by atoms with E-state index in [-0.39, 0.29) is 24.3 Å². The van der Waals surface area contributed by atoms with Crippen LogP contribution in [0.3, 0.4) is 0 Å². The summed E-state index contributed by atoms with van der Waals surface area (Å²) < 4.78 is 58.3. The van der Waals surface area contributed by atoms with Crippen LogP contribution in [0.5, 0.6) is 5.75 Å². The summed E-state index contributed by atoms with van der Waals surface area (Å²) >= 11 is 0. The van der Waals surface area contributed by atoms with Gasteiger partial charge in [-0.3, -0.25) is 14.4 Å². The van der Waals surface area contributed by atoms with E-state index in [1.807, 2.05) is 0 Å². The van der Waals surface area contributed by atoms with Gasteiger partial charge in [0.15, 0.2) is 29.0 Å². The van der Waals surface area contributed by atoms with E-state index in [9.17, 15) is 31.9 Å². The molecule has 3 N–H and O–H groups in total. The molecule has 0 heterocycles. The van der Waals surface area contributed by atoms with Gasteiger partial charge in [0.05, 0.1) is 12.5 Å². The maximum absolute atomic E-state index is 13.6. The number of ketones is 2. The van der Waals surface area contributed by atoms with E-state index in [2.05, 4.69) is 10.1 Å². The van der Waals surface area contributed by atoms with Crippen molar-refractivity contribution in [2.24, 2.45) is 23.5 Å². The second-order valence-electron chi connectivity index (χ2n) is 7.68. The Hall–Kier alpha value is -3.27. The molecule has 0 aliphatic heterocycles. The van der Waals surface area contributed by atoms with Crippen molar-refractivity contribution < 1.29 is 36.7 Å². The lowest BCUT2D eigenvalue weighted by molar-refractivity contribution is -0.130. The zero-order valence-electron chi connectivity index (χ0n) is 18.0. The van der Waals surface area contributed by atoms with Crippen molar-refractivity contribution in [2.45, 2.75) is 13.8 Å². The number of carbonyl (C=O) groups is 3. The monoisotopic (exact) mass is 468 g/mol. The number of ether oxygens (including phenoxy) is 1. The molecule has 0 aromatic heterocycles. The molecule has 2 unspecified atom stereocenters. The Bertz CT molecular complexity index is 989. The fraction of sp³-hybridized carbons (Fsp3) is 0.348. The number of nitrogens with two attached hydrogens (primary N) is 1. The van der Waals surface area contributed by atoms with Crippen molar-refractivity contribution in [1.29, 1.82) is 0 Å². The van der Waals surface area contributed by atoms with Crippen LogP contribution in [-0.2, 0) is 9.59 Å². The Labute approximate surface area is 188 Å². The lowest BCUT2D eigenvalue weighted by Crippen LogP contribution is -2.45. The maximum atomic E-state index is 13.6. The summed E-state index contributed by atoms with van der Waals surface area (Å²) in [6, 6.07) is 8.32. The normalized spacial score (nSPS) is 12.8. The van der Waals surface area contributed by atoms with Crippen LogP contribution >= 0.6 is 0 Å². The van der Waals surface area contributed by atoms with E-state index in [4.69, 9.17) is 5.73 Å². The number of hydrogen-bond donors (Lipinski definition) is 2. The highest BCUT2D eigenvalue weighted by Crippen LogP contribution is 2.27. The summed E-state index contributed by atoms with van der Waals surface area (Å²) in [5.41, 5.74) is 6.18. The predicted octanol–water partition coefficient (Wildman–Crippen LogP) is 3.04. The molecule has 10 heteroatoms. The summed E-state index contributed by atoms with van der Waals surface area (Å²) in [6.07, 6.45) is 0. The average Bonchev–Trinajstić information content (AvgIpc) is 2.79. The molecule has 0 radical (unpaired) electrons. The molecule has 0 aliphatic carbocycles. The second-order valence-corrected chi connectivity index (χ2v) is 7.68. The third kappa shape index (κ3) is 6.38. The van der Waals surface area contributed by atoms with Crippen LogP contribution in [0.25, 0.3) is 0 Å². The molecule has 0 saturated carbocycles. The van der Waals surface area contributed by atoms with Gasteiger partial charge >= 0.3 is 0 Å². The largest absolute Gasteiger partial charge is 0.479 e. The van der Waals surface area contributed by atoms with Gasteiger partial charge in [-0.25, -0.2) is 8.78 Å². The molecule has 0 bridgehead atoms. The summed E-state index contributed by atoms with van der Waals surface area (Å²) in [7, 11) is 0. The number of nitrogens with one attached hydrogen (secondary N) is 1. The van der Waals surface area contributed by atoms with Gasteiger partial charge in [0.1, 0.15) is 6.61 Å². The first-order chi connectivity index (χ1) is 15.6. The van der Waals surface area contributed by atoms with Crippen molar-refractivity contribution in [1.82, 2.24) is 5.32 Å². The molecule has 1 amide bonds. The molecule has 0 saturated heterocycles. The minimum Gasteiger partial charge on any atom is -0.479 e. The van der Waals surface area contributed by atoms with Crippen molar-refractivity contribution in [2.75, 3.05) is 19.7 Å². The molecule has 0 spiro atoms. The molecule has 2 aromatic rings. The quantitative estimate of drug-likeness (QED) is 0.300. The molecule has 0 fully saturated rings. The van der Waals surface area contributed by atoms with Crippen LogP contribution in [-0.4, -0.2) is 37.2 Å². The van der Waals surface area contributed by atoms with E-state index >= 15 is 0 Å². The van der Waals surface area contributed by atoms with E-state index < -0.39 is 65.7 Å². The number of hydrogen-bond acceptors (Lipinski definition) is 5.